The van der Waals surface area contributed by atoms with Gasteiger partial charge in [-0.25, -0.2) is 0 Å². The summed E-state index contributed by atoms with van der Waals surface area (Å²) in [6.45, 7) is 3.78. The second-order valence-corrected chi connectivity index (χ2v) is 4.80. The minimum atomic E-state index is -0.0615. The van der Waals surface area contributed by atoms with Crippen LogP contribution < -0.4 is 0 Å². The summed E-state index contributed by atoms with van der Waals surface area (Å²) in [6.07, 6.45) is 0.848. The molecule has 0 saturated carbocycles. The summed E-state index contributed by atoms with van der Waals surface area (Å²) >= 11 is 1.98. The number of aliphatic hydroxyl groups excluding tert-OH is 1. The van der Waals surface area contributed by atoms with E-state index >= 15 is 0 Å². The first-order valence-corrected chi connectivity index (χ1v) is 5.98. The second-order valence-electron chi connectivity index (χ2n) is 2.41. The standard InChI is InChI=1S/C8H15NO3S2/c1-3-7(11)13-9(5-6-10)14-8(12)4-2/h10H,3-6H2,1-2H3. The maximum Gasteiger partial charge on any atom is 0.204 e. The summed E-state index contributed by atoms with van der Waals surface area (Å²) in [5, 5.41) is 8.71. The maximum atomic E-state index is 11.1. The van der Waals surface area contributed by atoms with Crippen molar-refractivity contribution in [1.29, 1.82) is 0 Å². The first-order valence-electron chi connectivity index (χ1n) is 4.44. The molecule has 0 rings (SSSR count). The van der Waals surface area contributed by atoms with Crippen LogP contribution in [0.15, 0.2) is 0 Å². The summed E-state index contributed by atoms with van der Waals surface area (Å²) in [6, 6.07) is 0. The molecule has 1 N–H and O–H groups in total. The largest absolute Gasteiger partial charge is 0.395 e. The molecule has 0 radical (unpaired) electrons. The monoisotopic (exact) mass is 237 g/mol. The Kier molecular flexibility index (Phi) is 8.26. The van der Waals surface area contributed by atoms with Crippen LogP contribution in [0.1, 0.15) is 26.7 Å². The number of hydrogen-bond acceptors (Lipinski definition) is 6. The summed E-state index contributed by atoms with van der Waals surface area (Å²) in [7, 11) is 0. The first-order chi connectivity index (χ1) is 6.63. The molecule has 0 aromatic heterocycles. The SMILES string of the molecule is CCC(=O)SN(CCO)SC(=O)CC. The molecule has 0 bridgehead atoms. The number of aliphatic hydroxyl groups is 1. The molecule has 0 spiro atoms. The molecule has 0 aliphatic rings. The molecule has 82 valence electrons. The lowest BCUT2D eigenvalue weighted by Crippen LogP contribution is -2.16. The highest BCUT2D eigenvalue weighted by molar-refractivity contribution is 8.25. The van der Waals surface area contributed by atoms with Gasteiger partial charge in [0.1, 0.15) is 0 Å². The van der Waals surface area contributed by atoms with Crippen LogP contribution in [0.5, 0.6) is 0 Å². The third-order valence-electron chi connectivity index (χ3n) is 1.27. The molecule has 0 atom stereocenters. The van der Waals surface area contributed by atoms with Crippen molar-refractivity contribution in [2.45, 2.75) is 26.7 Å². The lowest BCUT2D eigenvalue weighted by molar-refractivity contribution is -0.111. The molecule has 0 heterocycles. The van der Waals surface area contributed by atoms with Crippen molar-refractivity contribution >= 4 is 34.1 Å². The van der Waals surface area contributed by atoms with Crippen LogP contribution in [0.2, 0.25) is 0 Å². The molecule has 6 heteroatoms. The fourth-order valence-corrected chi connectivity index (χ4v) is 2.25. The molecule has 0 unspecified atom stereocenters. The van der Waals surface area contributed by atoms with Gasteiger partial charge < -0.3 is 5.11 Å². The Morgan fingerprint density at radius 3 is 1.86 bits per heavy atom. The third-order valence-corrected chi connectivity index (χ3v) is 3.47. The van der Waals surface area contributed by atoms with Gasteiger partial charge >= 0.3 is 0 Å². The minimum Gasteiger partial charge on any atom is -0.395 e. The highest BCUT2D eigenvalue weighted by Gasteiger charge is 2.14. The summed E-state index contributed by atoms with van der Waals surface area (Å²) < 4.78 is 1.53. The van der Waals surface area contributed by atoms with Crippen molar-refractivity contribution in [2.75, 3.05) is 13.2 Å². The number of carbonyl (C=O) groups excluding carboxylic acids is 2. The van der Waals surface area contributed by atoms with Crippen LogP contribution in [0.4, 0.5) is 0 Å². The number of nitrogens with zero attached hydrogens (tertiary/aromatic N) is 1. The normalized spacial score (nSPS) is 10.6. The van der Waals surface area contributed by atoms with Crippen LogP contribution in [0.25, 0.3) is 0 Å². The molecule has 0 fully saturated rings. The number of hydrogen-bond donors (Lipinski definition) is 1. The Balaban J connectivity index is 4.00. The van der Waals surface area contributed by atoms with Gasteiger partial charge in [0, 0.05) is 43.3 Å². The van der Waals surface area contributed by atoms with E-state index in [9.17, 15) is 9.59 Å². The zero-order chi connectivity index (χ0) is 11.0. The summed E-state index contributed by atoms with van der Waals surface area (Å²) in [4.78, 5) is 22.2. The third kappa shape index (κ3) is 6.42. The Bertz CT molecular complexity index is 181. The predicted octanol–water partition coefficient (Wildman–Crippen LogP) is 1.45. The van der Waals surface area contributed by atoms with Crippen molar-refractivity contribution in [3.63, 3.8) is 0 Å². The van der Waals surface area contributed by atoms with E-state index in [1.54, 1.807) is 13.8 Å². The average molecular weight is 237 g/mol. The molecular formula is C8H15NO3S2. The zero-order valence-electron chi connectivity index (χ0n) is 8.36. The molecule has 0 amide bonds. The van der Waals surface area contributed by atoms with Gasteiger partial charge in [0.15, 0.2) is 0 Å². The molecule has 0 aromatic carbocycles. The molecule has 0 aliphatic carbocycles. The van der Waals surface area contributed by atoms with E-state index in [4.69, 9.17) is 5.11 Å². The molecule has 14 heavy (non-hydrogen) atoms. The van der Waals surface area contributed by atoms with Gasteiger partial charge in [-0.15, -0.1) is 0 Å². The Hall–Kier alpha value is -0.0400. The maximum absolute atomic E-state index is 11.1. The van der Waals surface area contributed by atoms with E-state index in [0.717, 1.165) is 23.9 Å². The van der Waals surface area contributed by atoms with Crippen LogP contribution in [-0.2, 0) is 9.59 Å². The van der Waals surface area contributed by atoms with Gasteiger partial charge in [-0.05, 0) is 0 Å². The summed E-state index contributed by atoms with van der Waals surface area (Å²) in [5.74, 6) is 0. The van der Waals surface area contributed by atoms with Gasteiger partial charge in [-0.2, -0.15) is 3.71 Å². The smallest absolute Gasteiger partial charge is 0.204 e. The molecule has 4 nitrogen and oxygen atoms in total. The fourth-order valence-electron chi connectivity index (χ4n) is 0.548. The minimum absolute atomic E-state index is 0.00477. The van der Waals surface area contributed by atoms with Gasteiger partial charge in [-0.3, -0.25) is 9.59 Å². The molecular weight excluding hydrogens is 222 g/mol. The van der Waals surface area contributed by atoms with E-state index in [1.807, 2.05) is 0 Å². The van der Waals surface area contributed by atoms with E-state index in [2.05, 4.69) is 0 Å². The fraction of sp³-hybridized carbons (Fsp3) is 0.750. The number of rotatable bonds is 6. The summed E-state index contributed by atoms with van der Waals surface area (Å²) in [5.41, 5.74) is 0. The second kappa shape index (κ2) is 8.28. The predicted molar refractivity (Wildman–Crippen MR) is 59.6 cm³/mol. The number of carbonyl (C=O) groups is 2. The van der Waals surface area contributed by atoms with Crippen molar-refractivity contribution in [3.8, 4) is 0 Å². The van der Waals surface area contributed by atoms with Crippen molar-refractivity contribution < 1.29 is 14.7 Å². The Morgan fingerprint density at radius 1 is 1.14 bits per heavy atom. The van der Waals surface area contributed by atoms with Gasteiger partial charge in [-0.1, -0.05) is 13.8 Å². The molecule has 0 aliphatic heterocycles. The Morgan fingerprint density at radius 2 is 1.57 bits per heavy atom. The quantitative estimate of drug-likeness (QED) is 0.706. The van der Waals surface area contributed by atoms with E-state index in [1.165, 1.54) is 3.71 Å². The zero-order valence-corrected chi connectivity index (χ0v) is 9.99. The van der Waals surface area contributed by atoms with Crippen molar-refractivity contribution in [3.05, 3.63) is 0 Å². The Labute approximate surface area is 92.7 Å². The van der Waals surface area contributed by atoms with E-state index in [-0.39, 0.29) is 16.8 Å². The average Bonchev–Trinajstić information content (AvgIpc) is 2.17. The van der Waals surface area contributed by atoms with E-state index in [0.29, 0.717) is 19.4 Å². The van der Waals surface area contributed by atoms with Crippen LogP contribution in [0.3, 0.4) is 0 Å². The van der Waals surface area contributed by atoms with Crippen LogP contribution in [-0.4, -0.2) is 32.2 Å². The van der Waals surface area contributed by atoms with Gasteiger partial charge in [0.2, 0.25) is 10.2 Å². The molecule has 0 aromatic rings. The first kappa shape index (κ1) is 14.0. The van der Waals surface area contributed by atoms with Crippen LogP contribution >= 0.6 is 23.9 Å². The van der Waals surface area contributed by atoms with Gasteiger partial charge in [0.25, 0.3) is 0 Å². The van der Waals surface area contributed by atoms with Crippen molar-refractivity contribution in [1.82, 2.24) is 3.71 Å². The van der Waals surface area contributed by atoms with Crippen LogP contribution in [0, 0.1) is 0 Å². The highest BCUT2D eigenvalue weighted by atomic mass is 32.2. The lowest BCUT2D eigenvalue weighted by atomic mass is 10.6. The lowest BCUT2D eigenvalue weighted by Gasteiger charge is -2.15. The van der Waals surface area contributed by atoms with E-state index < -0.39 is 0 Å². The molecule has 0 saturated heterocycles. The van der Waals surface area contributed by atoms with Gasteiger partial charge in [0.05, 0.1) is 6.61 Å². The topological polar surface area (TPSA) is 57.6 Å². The highest BCUT2D eigenvalue weighted by Crippen LogP contribution is 2.24. The van der Waals surface area contributed by atoms with Crippen molar-refractivity contribution in [2.24, 2.45) is 0 Å².